The molecule has 2 rings (SSSR count). The molecule has 3 N–H and O–H groups in total. The van der Waals surface area contributed by atoms with Crippen molar-refractivity contribution in [3.05, 3.63) is 29.8 Å². The number of methoxy groups -OCH3 is 1. The molecule has 1 aliphatic rings. The number of quaternary nitrogens is 1. The maximum absolute atomic E-state index is 11.4. The van der Waals surface area contributed by atoms with Gasteiger partial charge in [-0.25, -0.2) is 8.42 Å². The van der Waals surface area contributed by atoms with Gasteiger partial charge in [0.05, 0.1) is 12.9 Å². The van der Waals surface area contributed by atoms with E-state index in [2.05, 4.69) is 0 Å². The predicted molar refractivity (Wildman–Crippen MR) is 67.1 cm³/mol. The molecular formula is C12H18NO4S+. The van der Waals surface area contributed by atoms with Crippen molar-refractivity contribution < 1.29 is 23.6 Å². The van der Waals surface area contributed by atoms with Crippen molar-refractivity contribution in [1.82, 2.24) is 0 Å². The maximum atomic E-state index is 11.4. The molecule has 0 unspecified atom stereocenters. The molecule has 1 aromatic rings. The van der Waals surface area contributed by atoms with Crippen LogP contribution in [-0.4, -0.2) is 44.3 Å². The topological polar surface area (TPSA) is 80.2 Å². The van der Waals surface area contributed by atoms with Crippen LogP contribution in [0.15, 0.2) is 24.3 Å². The minimum Gasteiger partial charge on any atom is -0.497 e. The van der Waals surface area contributed by atoms with E-state index in [9.17, 15) is 13.5 Å². The van der Waals surface area contributed by atoms with Gasteiger partial charge in [0.1, 0.15) is 30.2 Å². The number of rotatable bonds is 4. The number of benzene rings is 1. The zero-order chi connectivity index (χ0) is 13.2. The number of aliphatic hydroxyl groups is 1. The van der Waals surface area contributed by atoms with Crippen molar-refractivity contribution in [3.63, 3.8) is 0 Å². The molecule has 0 spiro atoms. The molecule has 18 heavy (non-hydrogen) atoms. The standard InChI is InChI=1S/C12H17NO4S/c1-17-10-4-2-3-9(5-10)6-13-11-7-18(15,16)8-12(11)14/h2-5,11-14H,6-8H2,1H3/p+1/t11-,12+/m1/s1. The summed E-state index contributed by atoms with van der Waals surface area (Å²) in [6, 6.07) is 7.35. The Morgan fingerprint density at radius 2 is 2.22 bits per heavy atom. The van der Waals surface area contributed by atoms with E-state index < -0.39 is 15.9 Å². The molecule has 0 radical (unpaired) electrons. The SMILES string of the molecule is COc1cccc(C[NH2+][C@@H]2CS(=O)(=O)C[C@@H]2O)c1. The number of aliphatic hydroxyl groups excluding tert-OH is 1. The molecular weight excluding hydrogens is 254 g/mol. The molecule has 1 fully saturated rings. The predicted octanol–water partition coefficient (Wildman–Crippen LogP) is -1.08. The Morgan fingerprint density at radius 1 is 1.44 bits per heavy atom. The first-order chi connectivity index (χ1) is 8.50. The van der Waals surface area contributed by atoms with Crippen LogP contribution in [0.3, 0.4) is 0 Å². The first kappa shape index (κ1) is 13.3. The number of ether oxygens (including phenoxy) is 1. The molecule has 2 atom stereocenters. The van der Waals surface area contributed by atoms with Crippen molar-refractivity contribution >= 4 is 9.84 Å². The average molecular weight is 272 g/mol. The molecule has 0 bridgehead atoms. The smallest absolute Gasteiger partial charge is 0.159 e. The van der Waals surface area contributed by atoms with Gasteiger partial charge in [0, 0.05) is 5.56 Å². The molecule has 0 aliphatic carbocycles. The van der Waals surface area contributed by atoms with Crippen LogP contribution in [0.1, 0.15) is 5.56 Å². The summed E-state index contributed by atoms with van der Waals surface area (Å²) in [6.07, 6.45) is -0.763. The highest BCUT2D eigenvalue weighted by atomic mass is 32.2. The summed E-state index contributed by atoms with van der Waals surface area (Å²) >= 11 is 0. The summed E-state index contributed by atoms with van der Waals surface area (Å²) in [5.74, 6) is 0.713. The number of hydrogen-bond acceptors (Lipinski definition) is 4. The Morgan fingerprint density at radius 3 is 2.83 bits per heavy atom. The third-order valence-electron chi connectivity index (χ3n) is 3.16. The lowest BCUT2D eigenvalue weighted by Crippen LogP contribution is -2.91. The summed E-state index contributed by atoms with van der Waals surface area (Å²) in [4.78, 5) is 0. The maximum Gasteiger partial charge on any atom is 0.159 e. The van der Waals surface area contributed by atoms with E-state index in [1.165, 1.54) is 0 Å². The monoisotopic (exact) mass is 272 g/mol. The van der Waals surface area contributed by atoms with Crippen molar-refractivity contribution in [1.29, 1.82) is 0 Å². The van der Waals surface area contributed by atoms with Crippen LogP contribution in [0.2, 0.25) is 0 Å². The van der Waals surface area contributed by atoms with Crippen LogP contribution in [0, 0.1) is 0 Å². The Labute approximate surface area is 107 Å². The van der Waals surface area contributed by atoms with Gasteiger partial charge in [0.15, 0.2) is 9.84 Å². The molecule has 100 valence electrons. The Hall–Kier alpha value is -1.11. The molecule has 5 nitrogen and oxygen atoms in total. The quantitative estimate of drug-likeness (QED) is 0.730. The van der Waals surface area contributed by atoms with Gasteiger partial charge in [-0.3, -0.25) is 0 Å². The average Bonchev–Trinajstić information content (AvgIpc) is 2.60. The molecule has 0 saturated carbocycles. The van der Waals surface area contributed by atoms with Gasteiger partial charge in [-0.2, -0.15) is 0 Å². The second-order valence-electron chi connectivity index (χ2n) is 4.60. The van der Waals surface area contributed by atoms with Gasteiger partial charge in [0.25, 0.3) is 0 Å². The van der Waals surface area contributed by atoms with Gasteiger partial charge in [-0.05, 0) is 12.1 Å². The summed E-state index contributed by atoms with van der Waals surface area (Å²) in [5.41, 5.74) is 1.05. The lowest BCUT2D eigenvalue weighted by molar-refractivity contribution is -0.705. The van der Waals surface area contributed by atoms with Crippen LogP contribution in [0.4, 0.5) is 0 Å². The van der Waals surface area contributed by atoms with E-state index in [4.69, 9.17) is 4.74 Å². The Balaban J connectivity index is 1.95. The van der Waals surface area contributed by atoms with Crippen molar-refractivity contribution in [2.75, 3.05) is 18.6 Å². The number of sulfone groups is 1. The summed E-state index contributed by atoms with van der Waals surface area (Å²) in [5, 5.41) is 11.5. The van der Waals surface area contributed by atoms with Gasteiger partial charge in [-0.15, -0.1) is 0 Å². The van der Waals surface area contributed by atoms with Crippen LogP contribution in [-0.2, 0) is 16.4 Å². The van der Waals surface area contributed by atoms with Crippen LogP contribution >= 0.6 is 0 Å². The lowest BCUT2D eigenvalue weighted by Gasteiger charge is -2.11. The normalized spacial score (nSPS) is 26.1. The fourth-order valence-corrected chi connectivity index (χ4v) is 4.02. The number of hydrogen-bond donors (Lipinski definition) is 2. The largest absolute Gasteiger partial charge is 0.497 e. The van der Waals surface area contributed by atoms with Gasteiger partial charge >= 0.3 is 0 Å². The zero-order valence-electron chi connectivity index (χ0n) is 10.2. The van der Waals surface area contributed by atoms with Crippen LogP contribution in [0.5, 0.6) is 5.75 Å². The first-order valence-corrected chi connectivity index (χ1v) is 7.67. The van der Waals surface area contributed by atoms with E-state index in [1.54, 1.807) is 7.11 Å². The number of nitrogens with two attached hydrogens (primary N) is 1. The van der Waals surface area contributed by atoms with Crippen LogP contribution in [0.25, 0.3) is 0 Å². The lowest BCUT2D eigenvalue weighted by atomic mass is 10.1. The van der Waals surface area contributed by atoms with Gasteiger partial charge in [0.2, 0.25) is 0 Å². The Bertz CT molecular complexity index is 515. The highest BCUT2D eigenvalue weighted by Crippen LogP contribution is 2.12. The van der Waals surface area contributed by atoms with Gasteiger partial charge in [-0.1, -0.05) is 12.1 Å². The minimum atomic E-state index is -3.07. The van der Waals surface area contributed by atoms with E-state index in [0.29, 0.717) is 6.54 Å². The third-order valence-corrected chi connectivity index (χ3v) is 4.90. The zero-order valence-corrected chi connectivity index (χ0v) is 11.1. The van der Waals surface area contributed by atoms with Crippen molar-refractivity contribution in [2.45, 2.75) is 18.7 Å². The second kappa shape index (κ2) is 5.26. The van der Waals surface area contributed by atoms with Crippen LogP contribution < -0.4 is 10.1 Å². The fraction of sp³-hybridized carbons (Fsp3) is 0.500. The summed E-state index contributed by atoms with van der Waals surface area (Å²) in [6.45, 7) is 0.633. The molecule has 1 aliphatic heterocycles. The first-order valence-electron chi connectivity index (χ1n) is 5.85. The molecule has 1 aromatic carbocycles. The molecule has 1 saturated heterocycles. The van der Waals surface area contributed by atoms with E-state index >= 15 is 0 Å². The van der Waals surface area contributed by atoms with E-state index in [-0.39, 0.29) is 17.5 Å². The molecule has 0 aromatic heterocycles. The Kier molecular flexibility index (Phi) is 3.89. The fourth-order valence-electron chi connectivity index (χ4n) is 2.17. The molecule has 0 amide bonds. The van der Waals surface area contributed by atoms with E-state index in [0.717, 1.165) is 11.3 Å². The van der Waals surface area contributed by atoms with Crippen molar-refractivity contribution in [3.8, 4) is 5.75 Å². The summed E-state index contributed by atoms with van der Waals surface area (Å²) < 4.78 is 27.8. The summed E-state index contributed by atoms with van der Waals surface area (Å²) in [7, 11) is -1.46. The highest BCUT2D eigenvalue weighted by Gasteiger charge is 2.38. The highest BCUT2D eigenvalue weighted by molar-refractivity contribution is 7.91. The third kappa shape index (κ3) is 3.22. The van der Waals surface area contributed by atoms with Gasteiger partial charge < -0.3 is 15.2 Å². The van der Waals surface area contributed by atoms with E-state index in [1.807, 2.05) is 29.6 Å². The second-order valence-corrected chi connectivity index (χ2v) is 6.75. The minimum absolute atomic E-state index is 0.0537. The molecule has 1 heterocycles. The van der Waals surface area contributed by atoms with Crippen molar-refractivity contribution in [2.24, 2.45) is 0 Å². The molecule has 6 heteroatoms.